The number of hydrogen-bond donors (Lipinski definition) is 1. The number of allylic oxidation sites excluding steroid dienone is 1. The molecule has 1 aliphatic carbocycles. The van der Waals surface area contributed by atoms with Gasteiger partial charge in [-0.1, -0.05) is 98.3 Å². The second-order valence-corrected chi connectivity index (χ2v) is 9.16. The van der Waals surface area contributed by atoms with Gasteiger partial charge in [0.15, 0.2) is 0 Å². The molecule has 2 nitrogen and oxygen atoms in total. The Kier molecular flexibility index (Phi) is 8.15. The first-order valence-corrected chi connectivity index (χ1v) is 12.5. The lowest BCUT2D eigenvalue weighted by Crippen LogP contribution is -2.40. The highest BCUT2D eigenvalue weighted by Gasteiger charge is 2.39. The predicted octanol–water partition coefficient (Wildman–Crippen LogP) is 6.58. The van der Waals surface area contributed by atoms with Gasteiger partial charge in [-0.3, -0.25) is 0 Å². The third-order valence-corrected chi connectivity index (χ3v) is 6.64. The van der Waals surface area contributed by atoms with Crippen LogP contribution in [0.2, 0.25) is 0 Å². The standard InChI is InChI=1S/C31H37NO/c1-3-5-19-32-23-31(24-33-4-2)22-28(21-26-15-10-7-11-16-26)30-27(17-12-18-29(30)31)20-25-13-8-6-9-14-25/h6-18,22,32H,3-5,19-21,23-24H2,1-2H3. The molecule has 4 rings (SSSR count). The summed E-state index contributed by atoms with van der Waals surface area (Å²) in [5.74, 6) is 0. The Hall–Kier alpha value is -2.68. The van der Waals surface area contributed by atoms with E-state index in [4.69, 9.17) is 4.74 Å². The number of fused-ring (bicyclic) bond motifs is 1. The van der Waals surface area contributed by atoms with Crippen LogP contribution < -0.4 is 5.32 Å². The maximum Gasteiger partial charge on any atom is 0.0610 e. The van der Waals surface area contributed by atoms with E-state index in [1.807, 2.05) is 0 Å². The van der Waals surface area contributed by atoms with Crippen LogP contribution in [0.15, 0.2) is 84.9 Å². The molecule has 3 aromatic carbocycles. The number of nitrogens with one attached hydrogen (secondary N) is 1. The van der Waals surface area contributed by atoms with Gasteiger partial charge in [-0.25, -0.2) is 0 Å². The van der Waals surface area contributed by atoms with Crippen molar-refractivity contribution in [3.63, 3.8) is 0 Å². The highest BCUT2D eigenvalue weighted by molar-refractivity contribution is 5.80. The van der Waals surface area contributed by atoms with Crippen molar-refractivity contribution in [1.82, 2.24) is 5.32 Å². The van der Waals surface area contributed by atoms with Crippen molar-refractivity contribution in [2.24, 2.45) is 0 Å². The number of ether oxygens (including phenoxy) is 1. The Morgan fingerprint density at radius 3 is 2.15 bits per heavy atom. The van der Waals surface area contributed by atoms with Gasteiger partial charge in [0.2, 0.25) is 0 Å². The summed E-state index contributed by atoms with van der Waals surface area (Å²) in [6, 6.07) is 28.6. The predicted molar refractivity (Wildman–Crippen MR) is 140 cm³/mol. The Balaban J connectivity index is 1.76. The van der Waals surface area contributed by atoms with Gasteiger partial charge < -0.3 is 10.1 Å². The fourth-order valence-electron chi connectivity index (χ4n) is 5.01. The van der Waals surface area contributed by atoms with Crippen molar-refractivity contribution in [3.8, 4) is 0 Å². The molecule has 0 aliphatic heterocycles. The fraction of sp³-hybridized carbons (Fsp3) is 0.355. The van der Waals surface area contributed by atoms with E-state index in [1.165, 1.54) is 46.2 Å². The van der Waals surface area contributed by atoms with Crippen LogP contribution in [0.5, 0.6) is 0 Å². The minimum absolute atomic E-state index is 0.129. The average Bonchev–Trinajstić information content (AvgIpc) is 3.16. The Labute approximate surface area is 199 Å². The van der Waals surface area contributed by atoms with Gasteiger partial charge in [-0.05, 0) is 66.1 Å². The van der Waals surface area contributed by atoms with Gasteiger partial charge in [0.05, 0.1) is 12.0 Å². The minimum Gasteiger partial charge on any atom is -0.380 e. The van der Waals surface area contributed by atoms with E-state index in [-0.39, 0.29) is 5.41 Å². The lowest BCUT2D eigenvalue weighted by molar-refractivity contribution is 0.109. The summed E-state index contributed by atoms with van der Waals surface area (Å²) in [5, 5.41) is 3.75. The van der Waals surface area contributed by atoms with Crippen molar-refractivity contribution in [3.05, 3.63) is 113 Å². The average molecular weight is 440 g/mol. The molecule has 0 radical (unpaired) electrons. The van der Waals surface area contributed by atoms with Crippen molar-refractivity contribution < 1.29 is 4.74 Å². The first kappa shape index (κ1) is 23.5. The largest absolute Gasteiger partial charge is 0.380 e. The monoisotopic (exact) mass is 439 g/mol. The third kappa shape index (κ3) is 5.63. The van der Waals surface area contributed by atoms with Gasteiger partial charge in [0.25, 0.3) is 0 Å². The number of rotatable bonds is 12. The molecule has 0 amide bonds. The summed E-state index contributed by atoms with van der Waals surface area (Å²) in [6.07, 6.45) is 6.82. The zero-order chi connectivity index (χ0) is 22.9. The number of unbranched alkanes of at least 4 members (excludes halogenated alkanes) is 1. The zero-order valence-electron chi connectivity index (χ0n) is 20.1. The summed E-state index contributed by atoms with van der Waals surface area (Å²) in [7, 11) is 0. The minimum atomic E-state index is -0.129. The highest BCUT2D eigenvalue weighted by atomic mass is 16.5. The third-order valence-electron chi connectivity index (χ3n) is 6.64. The quantitative estimate of drug-likeness (QED) is 0.322. The van der Waals surface area contributed by atoms with Crippen molar-refractivity contribution >= 4 is 5.57 Å². The van der Waals surface area contributed by atoms with Crippen LogP contribution >= 0.6 is 0 Å². The van der Waals surface area contributed by atoms with Crippen LogP contribution in [-0.2, 0) is 23.0 Å². The summed E-state index contributed by atoms with van der Waals surface area (Å²) in [4.78, 5) is 0. The van der Waals surface area contributed by atoms with E-state index < -0.39 is 0 Å². The molecule has 0 aromatic heterocycles. The second kappa shape index (κ2) is 11.4. The van der Waals surface area contributed by atoms with Gasteiger partial charge in [-0.15, -0.1) is 0 Å². The molecular formula is C31H37NO. The molecule has 0 fully saturated rings. The normalized spacial score (nSPS) is 17.1. The molecular weight excluding hydrogens is 402 g/mol. The molecule has 0 heterocycles. The van der Waals surface area contributed by atoms with Crippen LogP contribution in [0.25, 0.3) is 5.57 Å². The van der Waals surface area contributed by atoms with E-state index in [2.05, 4.69) is 104 Å². The van der Waals surface area contributed by atoms with Crippen LogP contribution in [0, 0.1) is 0 Å². The molecule has 33 heavy (non-hydrogen) atoms. The Bertz CT molecular complexity index is 1040. The summed E-state index contributed by atoms with van der Waals surface area (Å²) >= 11 is 0. The van der Waals surface area contributed by atoms with Crippen LogP contribution in [0.4, 0.5) is 0 Å². The van der Waals surface area contributed by atoms with E-state index in [9.17, 15) is 0 Å². The van der Waals surface area contributed by atoms with Crippen molar-refractivity contribution in [1.29, 1.82) is 0 Å². The molecule has 0 bridgehead atoms. The summed E-state index contributed by atoms with van der Waals surface area (Å²) < 4.78 is 6.11. The zero-order valence-corrected chi connectivity index (χ0v) is 20.1. The summed E-state index contributed by atoms with van der Waals surface area (Å²) in [6.45, 7) is 7.74. The van der Waals surface area contributed by atoms with E-state index >= 15 is 0 Å². The first-order chi connectivity index (χ1) is 16.3. The second-order valence-electron chi connectivity index (χ2n) is 9.16. The maximum absolute atomic E-state index is 6.11. The summed E-state index contributed by atoms with van der Waals surface area (Å²) in [5.41, 5.74) is 8.27. The fourth-order valence-corrected chi connectivity index (χ4v) is 5.01. The highest BCUT2D eigenvalue weighted by Crippen LogP contribution is 2.44. The molecule has 1 N–H and O–H groups in total. The smallest absolute Gasteiger partial charge is 0.0610 e. The van der Waals surface area contributed by atoms with Crippen LogP contribution in [0.3, 0.4) is 0 Å². The first-order valence-electron chi connectivity index (χ1n) is 12.5. The molecule has 2 heteroatoms. The molecule has 0 saturated carbocycles. The lowest BCUT2D eigenvalue weighted by atomic mass is 9.81. The molecule has 1 unspecified atom stereocenters. The van der Waals surface area contributed by atoms with E-state index in [0.29, 0.717) is 6.61 Å². The molecule has 0 spiro atoms. The molecule has 0 saturated heterocycles. The number of benzene rings is 3. The van der Waals surface area contributed by atoms with Gasteiger partial charge in [0, 0.05) is 13.2 Å². The van der Waals surface area contributed by atoms with Gasteiger partial charge >= 0.3 is 0 Å². The molecule has 3 aromatic rings. The maximum atomic E-state index is 6.11. The SMILES string of the molecule is CCCCNCC1(COCC)C=C(Cc2ccccc2)c2c(Cc3ccccc3)cccc21. The van der Waals surface area contributed by atoms with Crippen LogP contribution in [0.1, 0.15) is 54.5 Å². The molecule has 172 valence electrons. The topological polar surface area (TPSA) is 21.3 Å². The lowest BCUT2D eigenvalue weighted by Gasteiger charge is -2.30. The van der Waals surface area contributed by atoms with E-state index in [1.54, 1.807) is 0 Å². The molecule has 1 aliphatic rings. The van der Waals surface area contributed by atoms with Crippen molar-refractivity contribution in [2.45, 2.75) is 44.9 Å². The number of hydrogen-bond acceptors (Lipinski definition) is 2. The molecule has 1 atom stereocenters. The van der Waals surface area contributed by atoms with Crippen molar-refractivity contribution in [2.75, 3.05) is 26.3 Å². The Morgan fingerprint density at radius 1 is 0.788 bits per heavy atom. The van der Waals surface area contributed by atoms with Crippen LogP contribution in [-0.4, -0.2) is 26.3 Å². The van der Waals surface area contributed by atoms with Gasteiger partial charge in [-0.2, -0.15) is 0 Å². The van der Waals surface area contributed by atoms with Gasteiger partial charge in [0.1, 0.15) is 0 Å². The Morgan fingerprint density at radius 2 is 1.48 bits per heavy atom. The van der Waals surface area contributed by atoms with E-state index in [0.717, 1.165) is 32.5 Å².